The molecule has 0 aliphatic heterocycles. The van der Waals surface area contributed by atoms with Crippen molar-refractivity contribution in [2.24, 2.45) is 0 Å². The van der Waals surface area contributed by atoms with Crippen LogP contribution in [-0.4, -0.2) is 15.2 Å². The van der Waals surface area contributed by atoms with Crippen molar-refractivity contribution in [3.05, 3.63) is 39.5 Å². The molecule has 17 heavy (non-hydrogen) atoms. The fraction of sp³-hybridized carbons (Fsp3) is 0. The van der Waals surface area contributed by atoms with Crippen LogP contribution in [0.2, 0.25) is 15.5 Å². The van der Waals surface area contributed by atoms with E-state index in [0.717, 1.165) is 6.07 Å². The van der Waals surface area contributed by atoms with Gasteiger partial charge in [-0.25, -0.2) is 4.39 Å². The van der Waals surface area contributed by atoms with Gasteiger partial charge in [-0.1, -0.05) is 23.2 Å². The third-order valence-corrected chi connectivity index (χ3v) is 2.40. The summed E-state index contributed by atoms with van der Waals surface area (Å²) in [5, 5.41) is 6.68. The number of aromatic nitrogens is 3. The molecule has 0 N–H and O–H groups in total. The molecule has 0 aliphatic rings. The standard InChI is InChI=1S/C9H3Cl3FN3O/c10-5-2-1-4(3-6(5)13)17-8-7(11)15-16-9(12)14-8/h1-3H. The van der Waals surface area contributed by atoms with E-state index in [1.54, 1.807) is 0 Å². The normalized spacial score (nSPS) is 10.4. The summed E-state index contributed by atoms with van der Waals surface area (Å²) in [5.74, 6) is -0.507. The van der Waals surface area contributed by atoms with Gasteiger partial charge < -0.3 is 4.74 Å². The van der Waals surface area contributed by atoms with Crippen molar-refractivity contribution in [2.75, 3.05) is 0 Å². The molecule has 0 radical (unpaired) electrons. The molecule has 4 nitrogen and oxygen atoms in total. The average molecular weight is 294 g/mol. The van der Waals surface area contributed by atoms with E-state index in [2.05, 4.69) is 15.2 Å². The second-order valence-electron chi connectivity index (χ2n) is 2.85. The van der Waals surface area contributed by atoms with Crippen molar-refractivity contribution in [1.82, 2.24) is 15.2 Å². The zero-order valence-electron chi connectivity index (χ0n) is 7.99. The Morgan fingerprint density at radius 3 is 2.59 bits per heavy atom. The van der Waals surface area contributed by atoms with Gasteiger partial charge in [-0.3, -0.25) is 0 Å². The molecule has 0 spiro atoms. The topological polar surface area (TPSA) is 47.9 Å². The number of hydrogen-bond acceptors (Lipinski definition) is 4. The Bertz CT molecular complexity index is 567. The minimum absolute atomic E-state index is 0.0118. The van der Waals surface area contributed by atoms with Gasteiger partial charge in [0, 0.05) is 6.07 Å². The number of benzene rings is 1. The number of halogens is 4. The van der Waals surface area contributed by atoms with E-state index >= 15 is 0 Å². The predicted octanol–water partition coefficient (Wildman–Crippen LogP) is 3.76. The second kappa shape index (κ2) is 5.00. The third kappa shape index (κ3) is 2.94. The summed E-state index contributed by atoms with van der Waals surface area (Å²) in [6, 6.07) is 3.89. The lowest BCUT2D eigenvalue weighted by Crippen LogP contribution is -1.95. The molecular weight excluding hydrogens is 291 g/mol. The van der Waals surface area contributed by atoms with Crippen LogP contribution in [0.1, 0.15) is 0 Å². The maximum absolute atomic E-state index is 13.1. The van der Waals surface area contributed by atoms with Gasteiger partial charge >= 0.3 is 0 Å². The molecule has 2 rings (SSSR count). The Morgan fingerprint density at radius 1 is 1.12 bits per heavy atom. The van der Waals surface area contributed by atoms with E-state index in [9.17, 15) is 4.39 Å². The summed E-state index contributed by atoms with van der Waals surface area (Å²) in [4.78, 5) is 3.70. The molecule has 0 saturated heterocycles. The lowest BCUT2D eigenvalue weighted by atomic mass is 10.3. The van der Waals surface area contributed by atoms with E-state index < -0.39 is 5.82 Å². The summed E-state index contributed by atoms with van der Waals surface area (Å²) in [6.45, 7) is 0. The van der Waals surface area contributed by atoms with Crippen molar-refractivity contribution in [3.8, 4) is 11.6 Å². The smallest absolute Gasteiger partial charge is 0.262 e. The fourth-order valence-corrected chi connectivity index (χ4v) is 1.35. The van der Waals surface area contributed by atoms with Crippen molar-refractivity contribution in [1.29, 1.82) is 0 Å². The van der Waals surface area contributed by atoms with Crippen LogP contribution in [0.4, 0.5) is 4.39 Å². The maximum Gasteiger partial charge on any atom is 0.262 e. The zero-order chi connectivity index (χ0) is 12.4. The number of rotatable bonds is 2. The molecule has 1 aromatic carbocycles. The first kappa shape index (κ1) is 12.3. The Labute approximate surface area is 110 Å². The first-order chi connectivity index (χ1) is 8.06. The Kier molecular flexibility index (Phi) is 3.61. The van der Waals surface area contributed by atoms with E-state index in [4.69, 9.17) is 39.5 Å². The average Bonchev–Trinajstić information content (AvgIpc) is 2.29. The monoisotopic (exact) mass is 293 g/mol. The molecule has 2 aromatic rings. The molecule has 88 valence electrons. The molecule has 8 heteroatoms. The van der Waals surface area contributed by atoms with Gasteiger partial charge in [0.1, 0.15) is 11.6 Å². The van der Waals surface area contributed by atoms with Crippen molar-refractivity contribution >= 4 is 34.8 Å². The van der Waals surface area contributed by atoms with Crippen LogP contribution in [0.15, 0.2) is 18.2 Å². The molecule has 1 aromatic heterocycles. The highest BCUT2D eigenvalue weighted by Gasteiger charge is 2.10. The molecule has 0 saturated carbocycles. The lowest BCUT2D eigenvalue weighted by molar-refractivity contribution is 0.453. The van der Waals surface area contributed by atoms with E-state index in [1.807, 2.05) is 0 Å². The zero-order valence-corrected chi connectivity index (χ0v) is 10.3. The molecule has 0 bridgehead atoms. The van der Waals surface area contributed by atoms with Crippen molar-refractivity contribution < 1.29 is 9.13 Å². The molecule has 0 atom stereocenters. The highest BCUT2D eigenvalue weighted by Crippen LogP contribution is 2.28. The molecular formula is C9H3Cl3FN3O. The van der Waals surface area contributed by atoms with Gasteiger partial charge in [0.05, 0.1) is 5.02 Å². The van der Waals surface area contributed by atoms with Crippen molar-refractivity contribution in [3.63, 3.8) is 0 Å². The van der Waals surface area contributed by atoms with Gasteiger partial charge in [-0.05, 0) is 23.7 Å². The molecule has 1 heterocycles. The lowest BCUT2D eigenvalue weighted by Gasteiger charge is -2.05. The highest BCUT2D eigenvalue weighted by atomic mass is 35.5. The van der Waals surface area contributed by atoms with E-state index in [0.29, 0.717) is 0 Å². The maximum atomic E-state index is 13.1. The van der Waals surface area contributed by atoms with Gasteiger partial charge in [0.15, 0.2) is 0 Å². The van der Waals surface area contributed by atoms with Gasteiger partial charge in [0.25, 0.3) is 5.88 Å². The van der Waals surface area contributed by atoms with E-state index in [-0.39, 0.29) is 27.1 Å². The first-order valence-electron chi connectivity index (χ1n) is 4.25. The van der Waals surface area contributed by atoms with Gasteiger partial charge in [-0.2, -0.15) is 4.98 Å². The molecule has 0 unspecified atom stereocenters. The summed E-state index contributed by atoms with van der Waals surface area (Å²) in [5.41, 5.74) is 0. The van der Waals surface area contributed by atoms with Crippen LogP contribution in [-0.2, 0) is 0 Å². The number of nitrogens with zero attached hydrogens (tertiary/aromatic N) is 3. The highest BCUT2D eigenvalue weighted by molar-refractivity contribution is 6.31. The van der Waals surface area contributed by atoms with Crippen LogP contribution >= 0.6 is 34.8 Å². The summed E-state index contributed by atoms with van der Waals surface area (Å²) >= 11 is 16.7. The van der Waals surface area contributed by atoms with E-state index in [1.165, 1.54) is 12.1 Å². The minimum Gasteiger partial charge on any atom is -0.436 e. The molecule has 0 amide bonds. The van der Waals surface area contributed by atoms with Crippen LogP contribution in [0.25, 0.3) is 0 Å². The largest absolute Gasteiger partial charge is 0.436 e. The summed E-state index contributed by atoms with van der Waals surface area (Å²) in [6.07, 6.45) is 0. The Morgan fingerprint density at radius 2 is 1.88 bits per heavy atom. The van der Waals surface area contributed by atoms with Crippen LogP contribution in [0.3, 0.4) is 0 Å². The number of ether oxygens (including phenoxy) is 1. The first-order valence-corrected chi connectivity index (χ1v) is 5.38. The predicted molar refractivity (Wildman–Crippen MR) is 61.3 cm³/mol. The molecule has 0 fully saturated rings. The summed E-state index contributed by atoms with van der Waals surface area (Å²) in [7, 11) is 0. The van der Waals surface area contributed by atoms with Gasteiger partial charge in [0.2, 0.25) is 10.4 Å². The minimum atomic E-state index is -0.617. The number of hydrogen-bond donors (Lipinski definition) is 0. The Balaban J connectivity index is 2.31. The SMILES string of the molecule is Fc1cc(Oc2nc(Cl)nnc2Cl)ccc1Cl. The van der Waals surface area contributed by atoms with Crippen molar-refractivity contribution in [2.45, 2.75) is 0 Å². The van der Waals surface area contributed by atoms with Crippen LogP contribution in [0.5, 0.6) is 11.6 Å². The van der Waals surface area contributed by atoms with Crippen LogP contribution in [0, 0.1) is 5.82 Å². The fourth-order valence-electron chi connectivity index (χ4n) is 0.997. The molecule has 0 aliphatic carbocycles. The van der Waals surface area contributed by atoms with Gasteiger partial charge in [-0.15, -0.1) is 10.2 Å². The third-order valence-electron chi connectivity index (χ3n) is 1.70. The second-order valence-corrected chi connectivity index (χ2v) is 3.96. The summed E-state index contributed by atoms with van der Waals surface area (Å²) < 4.78 is 18.3. The Hall–Kier alpha value is -1.17. The quantitative estimate of drug-likeness (QED) is 0.846. The van der Waals surface area contributed by atoms with Crippen LogP contribution < -0.4 is 4.74 Å².